The maximum Gasteiger partial charge on any atom is 0.335 e. The number of hydrogen-bond acceptors (Lipinski definition) is 5. The van der Waals surface area contributed by atoms with E-state index in [9.17, 15) is 34.5 Å². The lowest BCUT2D eigenvalue weighted by Gasteiger charge is -2.34. The molecule has 9 heteroatoms. The van der Waals surface area contributed by atoms with Crippen LogP contribution in [0, 0.1) is 0 Å². The third-order valence-corrected chi connectivity index (χ3v) is 11.0. The van der Waals surface area contributed by atoms with Crippen molar-refractivity contribution in [2.24, 2.45) is 0 Å². The van der Waals surface area contributed by atoms with Gasteiger partial charge in [-0.15, -0.1) is 0 Å². The first kappa shape index (κ1) is 25.1. The summed E-state index contributed by atoms with van der Waals surface area (Å²) in [6.07, 6.45) is 0. The molecule has 0 aliphatic heterocycles. The fourth-order valence-electron chi connectivity index (χ4n) is 4.43. The normalized spacial score (nSPS) is 10.9. The van der Waals surface area contributed by atoms with Crippen LogP contribution in [-0.2, 0) is 4.79 Å². The summed E-state index contributed by atoms with van der Waals surface area (Å²) < 4.78 is 4.96. The van der Waals surface area contributed by atoms with Crippen molar-refractivity contribution in [3.63, 3.8) is 0 Å². The molecular formula is C28H20O8Si. The molecule has 3 N–H and O–H groups in total. The summed E-state index contributed by atoms with van der Waals surface area (Å²) in [5.41, 5.74) is 0.302. The van der Waals surface area contributed by atoms with Crippen LogP contribution in [0.5, 0.6) is 5.75 Å². The molecule has 0 heterocycles. The fraction of sp³-hybridized carbons (Fsp3) is 0. The Labute approximate surface area is 212 Å². The molecule has 0 atom stereocenters. The van der Waals surface area contributed by atoms with Crippen LogP contribution in [-0.4, -0.2) is 47.8 Å². The Kier molecular flexibility index (Phi) is 6.98. The molecule has 0 saturated carbocycles. The second-order valence-electron chi connectivity index (χ2n) is 8.14. The van der Waals surface area contributed by atoms with Crippen molar-refractivity contribution in [3.8, 4) is 5.75 Å². The smallest absolute Gasteiger partial charge is 0.335 e. The van der Waals surface area contributed by atoms with Crippen molar-refractivity contribution in [1.82, 2.24) is 0 Å². The van der Waals surface area contributed by atoms with Crippen LogP contribution in [0.4, 0.5) is 0 Å². The van der Waals surface area contributed by atoms with Crippen LogP contribution in [0.15, 0.2) is 97.1 Å². The van der Waals surface area contributed by atoms with Gasteiger partial charge in [-0.05, 0) is 69.3 Å². The fourth-order valence-corrected chi connectivity index (χ4v) is 9.09. The Morgan fingerprint density at radius 3 is 1.03 bits per heavy atom. The Hall–Kier alpha value is -5.02. The maximum absolute atomic E-state index is 11.5. The average molecular weight is 513 g/mol. The van der Waals surface area contributed by atoms with Gasteiger partial charge in [0.05, 0.1) is 16.7 Å². The summed E-state index contributed by atoms with van der Waals surface area (Å²) in [6, 6.07) is 26.2. The highest BCUT2D eigenvalue weighted by atomic mass is 28.3. The first-order valence-electron chi connectivity index (χ1n) is 11.0. The van der Waals surface area contributed by atoms with E-state index in [1.807, 2.05) is 0 Å². The third kappa shape index (κ3) is 4.75. The van der Waals surface area contributed by atoms with Crippen molar-refractivity contribution < 1.29 is 39.2 Å². The van der Waals surface area contributed by atoms with Gasteiger partial charge in [-0.25, -0.2) is 14.4 Å². The third-order valence-electron chi connectivity index (χ3n) is 6.17. The number of hydrogen-bond donors (Lipinski definition) is 3. The van der Waals surface area contributed by atoms with Gasteiger partial charge in [-0.2, -0.15) is 0 Å². The van der Waals surface area contributed by atoms with E-state index in [0.29, 0.717) is 12.2 Å². The molecule has 0 amide bonds. The number of carbonyl (C=O) groups is 4. The minimum atomic E-state index is -3.24. The number of aromatic carboxylic acids is 3. The molecule has 0 bridgehead atoms. The average Bonchev–Trinajstić information content (AvgIpc) is 2.91. The van der Waals surface area contributed by atoms with Gasteiger partial charge in [0.2, 0.25) is 0 Å². The molecule has 8 nitrogen and oxygen atoms in total. The summed E-state index contributed by atoms with van der Waals surface area (Å²) >= 11 is 0. The Bertz CT molecular complexity index is 1320. The number of carbonyl (C=O) groups excluding carboxylic acids is 1. The highest BCUT2D eigenvalue weighted by molar-refractivity contribution is 7.19. The molecule has 0 saturated heterocycles. The quantitative estimate of drug-likeness (QED) is 0.175. The summed E-state index contributed by atoms with van der Waals surface area (Å²) in [5.74, 6) is -2.91. The Morgan fingerprint density at radius 1 is 0.514 bits per heavy atom. The van der Waals surface area contributed by atoms with Crippen LogP contribution < -0.4 is 25.5 Å². The van der Waals surface area contributed by atoms with Crippen LogP contribution >= 0.6 is 0 Å². The largest absolute Gasteiger partial charge is 0.478 e. The molecule has 4 aromatic carbocycles. The molecule has 0 aliphatic carbocycles. The summed E-state index contributed by atoms with van der Waals surface area (Å²) in [6.45, 7) is 0.319. The molecule has 0 unspecified atom stereocenters. The molecular weight excluding hydrogens is 492 g/mol. The minimum absolute atomic E-state index is 0.101. The van der Waals surface area contributed by atoms with Crippen molar-refractivity contribution >= 4 is 53.2 Å². The van der Waals surface area contributed by atoms with Gasteiger partial charge in [0.1, 0.15) is 5.75 Å². The van der Waals surface area contributed by atoms with E-state index in [4.69, 9.17) is 4.74 Å². The molecule has 37 heavy (non-hydrogen) atoms. The predicted octanol–water partition coefficient (Wildman–Crippen LogP) is 1.69. The highest BCUT2D eigenvalue weighted by Gasteiger charge is 2.41. The standard InChI is InChI=1S/C28H20O8Si/c29-17-36-21-7-15-25(16-8-21)37(22-9-1-18(2-10-22)26(30)31,23-11-3-19(4-12-23)27(32)33)24-13-5-20(6-14-24)28(34)35/h1-17H,(H,30,31)(H,32,33)(H,34,35). The van der Waals surface area contributed by atoms with Crippen molar-refractivity contribution in [1.29, 1.82) is 0 Å². The summed E-state index contributed by atoms with van der Waals surface area (Å²) in [7, 11) is -3.24. The first-order valence-corrected chi connectivity index (χ1v) is 13.0. The van der Waals surface area contributed by atoms with Gasteiger partial charge < -0.3 is 20.1 Å². The number of benzene rings is 4. The predicted molar refractivity (Wildman–Crippen MR) is 138 cm³/mol. The number of rotatable bonds is 9. The van der Waals surface area contributed by atoms with Gasteiger partial charge >= 0.3 is 17.9 Å². The van der Waals surface area contributed by atoms with Crippen LogP contribution in [0.1, 0.15) is 31.1 Å². The van der Waals surface area contributed by atoms with Gasteiger partial charge in [-0.3, -0.25) is 4.79 Å². The van der Waals surface area contributed by atoms with Crippen molar-refractivity contribution in [2.75, 3.05) is 0 Å². The molecule has 4 aromatic rings. The molecule has 184 valence electrons. The molecule has 0 aromatic heterocycles. The zero-order chi connectivity index (χ0) is 26.6. The van der Waals surface area contributed by atoms with Crippen LogP contribution in [0.3, 0.4) is 0 Å². The maximum atomic E-state index is 11.5. The second-order valence-corrected chi connectivity index (χ2v) is 11.9. The topological polar surface area (TPSA) is 138 Å². The van der Waals surface area contributed by atoms with Gasteiger partial charge in [0.25, 0.3) is 6.47 Å². The van der Waals surface area contributed by atoms with Crippen molar-refractivity contribution in [2.45, 2.75) is 0 Å². The van der Waals surface area contributed by atoms with Gasteiger partial charge in [0, 0.05) is 0 Å². The molecule has 0 radical (unpaired) electrons. The Morgan fingerprint density at radius 2 is 0.784 bits per heavy atom. The van der Waals surface area contributed by atoms with E-state index < -0.39 is 26.0 Å². The first-order chi connectivity index (χ1) is 17.8. The lowest BCUT2D eigenvalue weighted by Crippen LogP contribution is -2.74. The van der Waals surface area contributed by atoms with Crippen LogP contribution in [0.2, 0.25) is 0 Å². The van der Waals surface area contributed by atoms with Crippen molar-refractivity contribution in [3.05, 3.63) is 114 Å². The SMILES string of the molecule is O=COc1ccc([Si](c2ccc(C(=O)O)cc2)(c2ccc(C(=O)O)cc2)c2ccc(C(=O)O)cc2)cc1. The van der Waals surface area contributed by atoms with Gasteiger partial charge in [0.15, 0.2) is 8.07 Å². The molecule has 4 rings (SSSR count). The Balaban J connectivity index is 2.07. The van der Waals surface area contributed by atoms with E-state index in [1.54, 1.807) is 60.7 Å². The molecule has 0 aliphatic rings. The monoisotopic (exact) mass is 512 g/mol. The minimum Gasteiger partial charge on any atom is -0.478 e. The molecule has 0 fully saturated rings. The van der Waals surface area contributed by atoms with E-state index in [0.717, 1.165) is 20.7 Å². The van der Waals surface area contributed by atoms with Crippen LogP contribution in [0.25, 0.3) is 0 Å². The zero-order valence-corrected chi connectivity index (χ0v) is 20.2. The molecule has 0 spiro atoms. The lowest BCUT2D eigenvalue weighted by molar-refractivity contribution is -0.120. The summed E-state index contributed by atoms with van der Waals surface area (Å²) in [5, 5.41) is 31.5. The number of ether oxygens (including phenoxy) is 1. The van der Waals surface area contributed by atoms with E-state index >= 15 is 0 Å². The van der Waals surface area contributed by atoms with Gasteiger partial charge in [-0.1, -0.05) is 48.5 Å². The number of carboxylic acids is 3. The summed E-state index contributed by atoms with van der Waals surface area (Å²) in [4.78, 5) is 45.4. The number of carboxylic acid groups (broad SMARTS) is 3. The van der Waals surface area contributed by atoms with E-state index in [-0.39, 0.29) is 16.7 Å². The lowest BCUT2D eigenvalue weighted by atomic mass is 10.2. The van der Waals surface area contributed by atoms with E-state index in [1.165, 1.54) is 36.4 Å². The zero-order valence-electron chi connectivity index (χ0n) is 19.2. The highest BCUT2D eigenvalue weighted by Crippen LogP contribution is 2.15. The van der Waals surface area contributed by atoms with E-state index in [2.05, 4.69) is 0 Å². The second kappa shape index (κ2) is 10.3.